The lowest BCUT2D eigenvalue weighted by molar-refractivity contribution is -0.117. The molecular weight excluding hydrogens is 184 g/mol. The summed E-state index contributed by atoms with van der Waals surface area (Å²) >= 11 is 0. The SMILES string of the molecule is Cc1cc(C)cc(C2(C)CCC(=O)C2)c1. The molecular formula is C14H18O. The second-order valence-electron chi connectivity index (χ2n) is 5.15. The lowest BCUT2D eigenvalue weighted by Gasteiger charge is -2.24. The van der Waals surface area contributed by atoms with Gasteiger partial charge in [-0.3, -0.25) is 4.79 Å². The van der Waals surface area contributed by atoms with E-state index >= 15 is 0 Å². The van der Waals surface area contributed by atoms with Crippen LogP contribution in [0.4, 0.5) is 0 Å². The van der Waals surface area contributed by atoms with Crippen molar-refractivity contribution >= 4 is 5.78 Å². The van der Waals surface area contributed by atoms with Crippen LogP contribution in [0.2, 0.25) is 0 Å². The van der Waals surface area contributed by atoms with Gasteiger partial charge in [-0.05, 0) is 31.2 Å². The fourth-order valence-corrected chi connectivity index (χ4v) is 2.60. The maximum atomic E-state index is 11.4. The summed E-state index contributed by atoms with van der Waals surface area (Å²) in [5.41, 5.74) is 4.02. The number of Topliss-reactive ketones (excluding diaryl/α,β-unsaturated/α-hetero) is 1. The molecule has 1 aromatic rings. The van der Waals surface area contributed by atoms with Crippen molar-refractivity contribution in [1.82, 2.24) is 0 Å². The highest BCUT2D eigenvalue weighted by Crippen LogP contribution is 2.39. The Kier molecular flexibility index (Phi) is 2.41. The fourth-order valence-electron chi connectivity index (χ4n) is 2.60. The first kappa shape index (κ1) is 10.4. The van der Waals surface area contributed by atoms with Gasteiger partial charge in [0.25, 0.3) is 0 Å². The van der Waals surface area contributed by atoms with Crippen molar-refractivity contribution in [3.05, 3.63) is 34.9 Å². The molecule has 0 aliphatic heterocycles. The van der Waals surface area contributed by atoms with Gasteiger partial charge in [0.05, 0.1) is 0 Å². The number of ketones is 1. The van der Waals surface area contributed by atoms with Crippen LogP contribution in [0, 0.1) is 13.8 Å². The monoisotopic (exact) mass is 202 g/mol. The summed E-state index contributed by atoms with van der Waals surface area (Å²) in [5, 5.41) is 0. The van der Waals surface area contributed by atoms with E-state index in [9.17, 15) is 4.79 Å². The Labute approximate surface area is 91.5 Å². The Morgan fingerprint density at radius 2 is 1.73 bits per heavy atom. The summed E-state index contributed by atoms with van der Waals surface area (Å²) < 4.78 is 0. The molecule has 1 aliphatic rings. The summed E-state index contributed by atoms with van der Waals surface area (Å²) in [6.45, 7) is 6.46. The van der Waals surface area contributed by atoms with E-state index in [0.29, 0.717) is 5.78 Å². The predicted octanol–water partition coefficient (Wildman–Crippen LogP) is 3.31. The normalized spacial score (nSPS) is 25.9. The van der Waals surface area contributed by atoms with Crippen LogP contribution in [0.25, 0.3) is 0 Å². The van der Waals surface area contributed by atoms with Crippen molar-refractivity contribution in [3.63, 3.8) is 0 Å². The van der Waals surface area contributed by atoms with Gasteiger partial charge in [0, 0.05) is 12.8 Å². The topological polar surface area (TPSA) is 17.1 Å². The average Bonchev–Trinajstić information content (AvgIpc) is 2.46. The molecule has 0 radical (unpaired) electrons. The van der Waals surface area contributed by atoms with Crippen LogP contribution in [0.15, 0.2) is 18.2 Å². The number of carbonyl (C=O) groups is 1. The van der Waals surface area contributed by atoms with E-state index in [2.05, 4.69) is 39.0 Å². The zero-order chi connectivity index (χ0) is 11.1. The zero-order valence-electron chi connectivity index (χ0n) is 9.76. The van der Waals surface area contributed by atoms with Crippen molar-refractivity contribution < 1.29 is 4.79 Å². The number of hydrogen-bond acceptors (Lipinski definition) is 1. The minimum atomic E-state index is 0.0911. The Morgan fingerprint density at radius 1 is 1.13 bits per heavy atom. The molecule has 0 aromatic heterocycles. The third-order valence-electron chi connectivity index (χ3n) is 3.46. The zero-order valence-corrected chi connectivity index (χ0v) is 9.76. The summed E-state index contributed by atoms with van der Waals surface area (Å²) in [5.74, 6) is 0.414. The first-order chi connectivity index (χ1) is 6.99. The molecule has 1 fully saturated rings. The van der Waals surface area contributed by atoms with Crippen LogP contribution in [0.3, 0.4) is 0 Å². The van der Waals surface area contributed by atoms with Gasteiger partial charge in [-0.2, -0.15) is 0 Å². The molecule has 0 bridgehead atoms. The van der Waals surface area contributed by atoms with E-state index in [1.54, 1.807) is 0 Å². The van der Waals surface area contributed by atoms with Gasteiger partial charge in [0.1, 0.15) is 5.78 Å². The highest BCUT2D eigenvalue weighted by atomic mass is 16.1. The lowest BCUT2D eigenvalue weighted by atomic mass is 9.80. The van der Waals surface area contributed by atoms with E-state index < -0.39 is 0 Å². The average molecular weight is 202 g/mol. The van der Waals surface area contributed by atoms with Crippen LogP contribution >= 0.6 is 0 Å². The molecule has 1 aliphatic carbocycles. The van der Waals surface area contributed by atoms with Crippen LogP contribution in [-0.2, 0) is 10.2 Å². The first-order valence-corrected chi connectivity index (χ1v) is 5.60. The van der Waals surface area contributed by atoms with Gasteiger partial charge in [0.2, 0.25) is 0 Å². The summed E-state index contributed by atoms with van der Waals surface area (Å²) in [6, 6.07) is 6.64. The fraction of sp³-hybridized carbons (Fsp3) is 0.500. The van der Waals surface area contributed by atoms with Gasteiger partial charge >= 0.3 is 0 Å². The molecule has 0 N–H and O–H groups in total. The minimum absolute atomic E-state index is 0.0911. The maximum Gasteiger partial charge on any atom is 0.133 e. The molecule has 0 heterocycles. The molecule has 1 nitrogen and oxygen atoms in total. The molecule has 2 rings (SSSR count). The second-order valence-corrected chi connectivity index (χ2v) is 5.15. The standard InChI is InChI=1S/C14H18O/c1-10-6-11(2)8-12(7-10)14(3)5-4-13(15)9-14/h6-8H,4-5,9H2,1-3H3. The van der Waals surface area contributed by atoms with E-state index in [4.69, 9.17) is 0 Å². The van der Waals surface area contributed by atoms with Crippen molar-refractivity contribution in [2.45, 2.75) is 45.4 Å². The van der Waals surface area contributed by atoms with Crippen LogP contribution in [0.1, 0.15) is 42.9 Å². The smallest absolute Gasteiger partial charge is 0.133 e. The van der Waals surface area contributed by atoms with E-state index in [1.807, 2.05) is 0 Å². The molecule has 0 amide bonds. The van der Waals surface area contributed by atoms with Crippen molar-refractivity contribution in [3.8, 4) is 0 Å². The highest BCUT2D eigenvalue weighted by Gasteiger charge is 2.35. The van der Waals surface area contributed by atoms with Crippen LogP contribution in [-0.4, -0.2) is 5.78 Å². The second kappa shape index (κ2) is 3.48. The summed E-state index contributed by atoms with van der Waals surface area (Å²) in [6.07, 6.45) is 2.48. The van der Waals surface area contributed by atoms with Gasteiger partial charge in [-0.1, -0.05) is 36.2 Å². The predicted molar refractivity (Wildman–Crippen MR) is 62.1 cm³/mol. The van der Waals surface area contributed by atoms with Gasteiger partial charge in [-0.25, -0.2) is 0 Å². The Balaban J connectivity index is 2.40. The Hall–Kier alpha value is -1.11. The highest BCUT2D eigenvalue weighted by molar-refractivity contribution is 5.82. The first-order valence-electron chi connectivity index (χ1n) is 5.60. The van der Waals surface area contributed by atoms with E-state index in [0.717, 1.165) is 19.3 Å². The molecule has 1 aromatic carbocycles. The molecule has 1 saturated carbocycles. The van der Waals surface area contributed by atoms with Gasteiger partial charge in [-0.15, -0.1) is 0 Å². The van der Waals surface area contributed by atoms with Crippen molar-refractivity contribution in [1.29, 1.82) is 0 Å². The van der Waals surface area contributed by atoms with Gasteiger partial charge < -0.3 is 0 Å². The van der Waals surface area contributed by atoms with E-state index in [1.165, 1.54) is 16.7 Å². The lowest BCUT2D eigenvalue weighted by Crippen LogP contribution is -2.18. The largest absolute Gasteiger partial charge is 0.300 e. The molecule has 15 heavy (non-hydrogen) atoms. The quantitative estimate of drug-likeness (QED) is 0.682. The van der Waals surface area contributed by atoms with Crippen molar-refractivity contribution in [2.24, 2.45) is 0 Å². The molecule has 1 heteroatoms. The molecule has 1 atom stereocenters. The molecule has 1 unspecified atom stereocenters. The number of benzene rings is 1. The molecule has 0 spiro atoms. The number of hydrogen-bond donors (Lipinski definition) is 0. The van der Waals surface area contributed by atoms with Crippen LogP contribution in [0.5, 0.6) is 0 Å². The number of carbonyl (C=O) groups excluding carboxylic acids is 1. The third-order valence-corrected chi connectivity index (χ3v) is 3.46. The third kappa shape index (κ3) is 1.97. The Morgan fingerprint density at radius 3 is 2.20 bits per heavy atom. The van der Waals surface area contributed by atoms with Crippen LogP contribution < -0.4 is 0 Å². The summed E-state index contributed by atoms with van der Waals surface area (Å²) in [7, 11) is 0. The van der Waals surface area contributed by atoms with Gasteiger partial charge in [0.15, 0.2) is 0 Å². The summed E-state index contributed by atoms with van der Waals surface area (Å²) in [4.78, 5) is 11.4. The minimum Gasteiger partial charge on any atom is -0.300 e. The number of rotatable bonds is 1. The number of aryl methyl sites for hydroxylation is 2. The maximum absolute atomic E-state index is 11.4. The Bertz CT molecular complexity index is 386. The van der Waals surface area contributed by atoms with E-state index in [-0.39, 0.29) is 5.41 Å². The molecule has 80 valence electrons. The van der Waals surface area contributed by atoms with Crippen molar-refractivity contribution in [2.75, 3.05) is 0 Å². The molecule has 0 saturated heterocycles.